The Hall–Kier alpha value is -3.13. The van der Waals surface area contributed by atoms with E-state index in [1.54, 1.807) is 0 Å². The van der Waals surface area contributed by atoms with Crippen LogP contribution in [0.5, 0.6) is 0 Å². The Balaban J connectivity index is 1.88. The van der Waals surface area contributed by atoms with Crippen LogP contribution in [0.2, 0.25) is 0 Å². The van der Waals surface area contributed by atoms with Crippen molar-refractivity contribution in [3.63, 3.8) is 0 Å². The van der Waals surface area contributed by atoms with Crippen molar-refractivity contribution in [2.75, 3.05) is 18.0 Å². The van der Waals surface area contributed by atoms with Gasteiger partial charge in [0.2, 0.25) is 0 Å². The van der Waals surface area contributed by atoms with Gasteiger partial charge in [0.1, 0.15) is 11.7 Å². The third-order valence-corrected chi connectivity index (χ3v) is 5.78. The van der Waals surface area contributed by atoms with Crippen LogP contribution in [0.3, 0.4) is 0 Å². The van der Waals surface area contributed by atoms with Crippen LogP contribution in [-0.4, -0.2) is 27.5 Å². The molecule has 5 nitrogen and oxygen atoms in total. The summed E-state index contributed by atoms with van der Waals surface area (Å²) in [6, 6.07) is 14.5. The van der Waals surface area contributed by atoms with E-state index in [-0.39, 0.29) is 0 Å². The molecule has 0 unspecified atom stereocenters. The van der Waals surface area contributed by atoms with E-state index in [1.165, 1.54) is 12.1 Å². The van der Waals surface area contributed by atoms with Gasteiger partial charge in [-0.25, -0.2) is 9.97 Å². The van der Waals surface area contributed by atoms with Crippen molar-refractivity contribution in [3.05, 3.63) is 47.7 Å². The first-order valence-corrected chi connectivity index (χ1v) is 9.91. The average molecular weight is 369 g/mol. The van der Waals surface area contributed by atoms with E-state index < -0.39 is 0 Å². The van der Waals surface area contributed by atoms with Crippen LogP contribution in [0.1, 0.15) is 31.5 Å². The molecule has 0 amide bonds. The van der Waals surface area contributed by atoms with Crippen molar-refractivity contribution in [3.8, 4) is 6.07 Å². The largest absolute Gasteiger partial charge is 0.370 e. The summed E-state index contributed by atoms with van der Waals surface area (Å²) in [5, 5.41) is 10.8. The van der Waals surface area contributed by atoms with Crippen LogP contribution in [-0.2, 0) is 0 Å². The first-order valence-electron chi connectivity index (χ1n) is 9.91. The van der Waals surface area contributed by atoms with Gasteiger partial charge >= 0.3 is 0 Å². The number of piperidine rings is 1. The quantitative estimate of drug-likeness (QED) is 0.488. The lowest BCUT2D eigenvalue weighted by Gasteiger charge is -2.37. The van der Waals surface area contributed by atoms with Gasteiger partial charge in [0, 0.05) is 29.9 Å². The Labute approximate surface area is 164 Å². The van der Waals surface area contributed by atoms with Crippen LogP contribution < -0.4 is 4.90 Å². The number of benzene rings is 1. The Morgan fingerprint density at radius 3 is 2.54 bits per heavy atom. The number of pyridine rings is 2. The van der Waals surface area contributed by atoms with Crippen molar-refractivity contribution in [1.29, 1.82) is 5.26 Å². The molecule has 1 aliphatic heterocycles. The summed E-state index contributed by atoms with van der Waals surface area (Å²) in [7, 11) is 0. The van der Waals surface area contributed by atoms with Crippen molar-refractivity contribution in [1.82, 2.24) is 14.4 Å². The zero-order chi connectivity index (χ0) is 19.4. The van der Waals surface area contributed by atoms with Gasteiger partial charge in [-0.05, 0) is 49.4 Å². The first kappa shape index (κ1) is 17.0. The molecule has 0 N–H and O–H groups in total. The van der Waals surface area contributed by atoms with Crippen LogP contribution in [0, 0.1) is 30.1 Å². The minimum Gasteiger partial charge on any atom is -0.370 e. The molecule has 5 heteroatoms. The van der Waals surface area contributed by atoms with Gasteiger partial charge in [0.15, 0.2) is 5.65 Å². The van der Waals surface area contributed by atoms with Gasteiger partial charge in [-0.15, -0.1) is 0 Å². The predicted molar refractivity (Wildman–Crippen MR) is 113 cm³/mol. The summed E-state index contributed by atoms with van der Waals surface area (Å²) in [6.45, 7) is 8.76. The fourth-order valence-corrected chi connectivity index (χ4v) is 4.79. The second-order valence-electron chi connectivity index (χ2n) is 8.30. The summed E-state index contributed by atoms with van der Waals surface area (Å²) in [5.41, 5.74) is 6.19. The Morgan fingerprint density at radius 2 is 1.79 bits per heavy atom. The Kier molecular flexibility index (Phi) is 3.77. The molecule has 0 saturated carbocycles. The molecule has 140 valence electrons. The Bertz CT molecular complexity index is 1250. The molecule has 4 heterocycles. The number of aryl methyl sites for hydroxylation is 1. The molecule has 2 atom stereocenters. The van der Waals surface area contributed by atoms with Gasteiger partial charge in [-0.1, -0.05) is 26.0 Å². The van der Waals surface area contributed by atoms with E-state index in [0.29, 0.717) is 23.0 Å². The van der Waals surface area contributed by atoms with Crippen molar-refractivity contribution < 1.29 is 0 Å². The lowest BCUT2D eigenvalue weighted by Crippen LogP contribution is -2.38. The van der Waals surface area contributed by atoms with E-state index in [9.17, 15) is 5.26 Å². The highest BCUT2D eigenvalue weighted by Gasteiger charge is 2.25. The minimum atomic E-state index is 0.591. The number of rotatable bonds is 1. The van der Waals surface area contributed by atoms with E-state index in [0.717, 1.165) is 40.9 Å². The molecule has 1 aromatic carbocycles. The van der Waals surface area contributed by atoms with Gasteiger partial charge < -0.3 is 4.90 Å². The number of para-hydroxylation sites is 2. The lowest BCUT2D eigenvalue weighted by atomic mass is 9.91. The molecule has 0 spiro atoms. The van der Waals surface area contributed by atoms with Crippen molar-refractivity contribution >= 4 is 33.4 Å². The average Bonchev–Trinajstić information content (AvgIpc) is 3.06. The molecule has 0 radical (unpaired) electrons. The molecule has 1 saturated heterocycles. The molecular weight excluding hydrogens is 346 g/mol. The van der Waals surface area contributed by atoms with Crippen molar-refractivity contribution in [2.24, 2.45) is 11.8 Å². The van der Waals surface area contributed by atoms with E-state index in [1.807, 2.05) is 37.3 Å². The summed E-state index contributed by atoms with van der Waals surface area (Å²) < 4.78 is 2.05. The summed E-state index contributed by atoms with van der Waals surface area (Å²) in [5.74, 6) is 1.31. The normalized spacial score (nSPS) is 20.1. The number of aromatic nitrogens is 3. The summed E-state index contributed by atoms with van der Waals surface area (Å²) in [6.07, 6.45) is 1.26. The van der Waals surface area contributed by atoms with Crippen LogP contribution in [0.4, 0.5) is 5.69 Å². The maximum absolute atomic E-state index is 9.82. The van der Waals surface area contributed by atoms with E-state index in [2.05, 4.69) is 35.3 Å². The number of nitriles is 1. The predicted octanol–water partition coefficient (Wildman–Crippen LogP) is 4.70. The number of fused-ring (bicyclic) bond motifs is 5. The molecule has 28 heavy (non-hydrogen) atoms. The van der Waals surface area contributed by atoms with E-state index >= 15 is 0 Å². The zero-order valence-electron chi connectivity index (χ0n) is 16.5. The van der Waals surface area contributed by atoms with Gasteiger partial charge in [-0.3, -0.25) is 4.40 Å². The van der Waals surface area contributed by atoms with E-state index in [4.69, 9.17) is 9.97 Å². The molecular formula is C23H23N5. The number of hydrogen-bond donors (Lipinski definition) is 0. The van der Waals surface area contributed by atoms with Crippen LogP contribution in [0.25, 0.3) is 27.7 Å². The summed E-state index contributed by atoms with van der Waals surface area (Å²) in [4.78, 5) is 12.1. The van der Waals surface area contributed by atoms with Crippen molar-refractivity contribution in [2.45, 2.75) is 27.2 Å². The SMILES string of the molecule is Cc1cc(N2C[C@H](C)C[C@H](C)C2)c2cc(C#N)c3nc4ccccc4n3c2n1. The highest BCUT2D eigenvalue weighted by Crippen LogP contribution is 2.34. The second kappa shape index (κ2) is 6.20. The Morgan fingerprint density at radius 1 is 1.04 bits per heavy atom. The van der Waals surface area contributed by atoms with Gasteiger partial charge in [-0.2, -0.15) is 5.26 Å². The smallest absolute Gasteiger partial charge is 0.157 e. The number of imidazole rings is 1. The maximum atomic E-state index is 9.82. The molecule has 5 rings (SSSR count). The summed E-state index contributed by atoms with van der Waals surface area (Å²) >= 11 is 0. The standard InChI is InChI=1S/C23H23N5/c1-14-8-15(2)13-27(12-14)21-9-16(3)25-23-18(21)10-17(11-24)22-26-19-6-4-5-7-20(19)28(22)23/h4-7,9-10,14-15H,8,12-13H2,1-3H3/t14-,15+. The van der Waals surface area contributed by atoms with Crippen LogP contribution in [0.15, 0.2) is 36.4 Å². The fraction of sp³-hybridized carbons (Fsp3) is 0.348. The number of nitrogens with zero attached hydrogens (tertiary/aromatic N) is 5. The molecule has 0 aliphatic carbocycles. The topological polar surface area (TPSA) is 57.2 Å². The second-order valence-corrected chi connectivity index (χ2v) is 8.30. The first-order chi connectivity index (χ1) is 13.5. The molecule has 1 aliphatic rings. The third-order valence-electron chi connectivity index (χ3n) is 5.78. The molecule has 1 fully saturated rings. The molecule has 4 aromatic rings. The van der Waals surface area contributed by atoms with Crippen LogP contribution >= 0.6 is 0 Å². The maximum Gasteiger partial charge on any atom is 0.157 e. The highest BCUT2D eigenvalue weighted by molar-refractivity contribution is 5.97. The minimum absolute atomic E-state index is 0.591. The lowest BCUT2D eigenvalue weighted by molar-refractivity contribution is 0.357. The number of anilines is 1. The third kappa shape index (κ3) is 2.52. The molecule has 0 bridgehead atoms. The van der Waals surface area contributed by atoms with Gasteiger partial charge in [0.05, 0.1) is 16.6 Å². The highest BCUT2D eigenvalue weighted by atomic mass is 15.2. The number of hydrogen-bond acceptors (Lipinski definition) is 4. The fourth-order valence-electron chi connectivity index (χ4n) is 4.79. The molecule has 3 aromatic heterocycles. The van der Waals surface area contributed by atoms with Gasteiger partial charge in [0.25, 0.3) is 0 Å². The monoisotopic (exact) mass is 369 g/mol. The zero-order valence-corrected chi connectivity index (χ0v) is 16.5.